The van der Waals surface area contributed by atoms with E-state index in [1.165, 1.54) is 4.88 Å². The number of hydrogen-bond donors (Lipinski definition) is 2. The highest BCUT2D eigenvalue weighted by atomic mass is 32.1. The molecule has 92 valence electrons. The Morgan fingerprint density at radius 2 is 2.12 bits per heavy atom. The van der Waals surface area contributed by atoms with Crippen LogP contribution in [0.1, 0.15) is 38.5 Å². The van der Waals surface area contributed by atoms with E-state index in [0.717, 1.165) is 19.3 Å². The molecule has 1 unspecified atom stereocenters. The molecule has 0 radical (unpaired) electrons. The molecule has 1 aromatic heterocycles. The van der Waals surface area contributed by atoms with Gasteiger partial charge in [-0.05, 0) is 37.6 Å². The van der Waals surface area contributed by atoms with Crippen molar-refractivity contribution >= 4 is 11.3 Å². The predicted octanol–water partition coefficient (Wildman–Crippen LogP) is 2.82. The maximum Gasteiger partial charge on any atom is 0.0613 e. The molecule has 2 N–H and O–H groups in total. The molecule has 0 fully saturated rings. The van der Waals surface area contributed by atoms with E-state index in [2.05, 4.69) is 43.6 Å². The van der Waals surface area contributed by atoms with Gasteiger partial charge >= 0.3 is 0 Å². The van der Waals surface area contributed by atoms with Gasteiger partial charge in [-0.1, -0.05) is 19.9 Å². The lowest BCUT2D eigenvalue weighted by Gasteiger charge is -2.34. The van der Waals surface area contributed by atoms with Gasteiger partial charge in [0.2, 0.25) is 0 Å². The van der Waals surface area contributed by atoms with Crippen molar-refractivity contribution in [2.45, 2.75) is 51.6 Å². The molecule has 0 bridgehead atoms. The van der Waals surface area contributed by atoms with Gasteiger partial charge in [0.25, 0.3) is 0 Å². The summed E-state index contributed by atoms with van der Waals surface area (Å²) in [6, 6.07) is 4.67. The molecule has 1 heterocycles. The van der Waals surface area contributed by atoms with E-state index in [1.807, 2.05) is 0 Å². The molecule has 0 aliphatic rings. The van der Waals surface area contributed by atoms with Crippen LogP contribution in [0.3, 0.4) is 0 Å². The molecule has 0 aliphatic carbocycles. The van der Waals surface area contributed by atoms with Crippen LogP contribution in [0.4, 0.5) is 0 Å². The fourth-order valence-corrected chi connectivity index (χ4v) is 2.86. The van der Waals surface area contributed by atoms with Crippen LogP contribution in [0, 0.1) is 0 Å². The highest BCUT2D eigenvalue weighted by Crippen LogP contribution is 2.17. The van der Waals surface area contributed by atoms with Gasteiger partial charge < -0.3 is 10.4 Å². The van der Waals surface area contributed by atoms with Crippen molar-refractivity contribution < 1.29 is 5.11 Å². The number of aliphatic hydroxyl groups excluding tert-OH is 1. The first-order valence-corrected chi connectivity index (χ1v) is 6.94. The third-order valence-corrected chi connectivity index (χ3v) is 4.19. The topological polar surface area (TPSA) is 32.3 Å². The minimum atomic E-state index is -0.101. The van der Waals surface area contributed by atoms with Gasteiger partial charge in [0.15, 0.2) is 0 Å². The summed E-state index contributed by atoms with van der Waals surface area (Å²) in [6.45, 7) is 6.67. The minimum absolute atomic E-state index is 0.101. The summed E-state index contributed by atoms with van der Waals surface area (Å²) in [7, 11) is 0. The van der Waals surface area contributed by atoms with Gasteiger partial charge in [-0.15, -0.1) is 11.3 Å². The maximum absolute atomic E-state index is 9.49. The van der Waals surface area contributed by atoms with E-state index in [0.29, 0.717) is 6.04 Å². The van der Waals surface area contributed by atoms with Crippen molar-refractivity contribution in [1.82, 2.24) is 5.32 Å². The Balaban J connectivity index is 2.51. The van der Waals surface area contributed by atoms with Crippen molar-refractivity contribution in [3.05, 3.63) is 22.4 Å². The van der Waals surface area contributed by atoms with Gasteiger partial charge in [-0.2, -0.15) is 0 Å². The SMILES string of the molecule is CCC(CC)(CO)NC(C)Cc1cccs1. The van der Waals surface area contributed by atoms with E-state index < -0.39 is 0 Å². The Bertz CT molecular complexity index is 272. The van der Waals surface area contributed by atoms with Crippen LogP contribution in [0.5, 0.6) is 0 Å². The van der Waals surface area contributed by atoms with Gasteiger partial charge in [0.05, 0.1) is 6.61 Å². The van der Waals surface area contributed by atoms with Crippen molar-refractivity contribution in [1.29, 1.82) is 0 Å². The third-order valence-electron chi connectivity index (χ3n) is 3.30. The normalized spacial score (nSPS) is 14.0. The van der Waals surface area contributed by atoms with E-state index in [4.69, 9.17) is 0 Å². The van der Waals surface area contributed by atoms with Crippen molar-refractivity contribution in [3.63, 3.8) is 0 Å². The summed E-state index contributed by atoms with van der Waals surface area (Å²) in [5, 5.41) is 15.2. The Hall–Kier alpha value is -0.380. The highest BCUT2D eigenvalue weighted by molar-refractivity contribution is 7.09. The average molecular weight is 241 g/mol. The molecule has 0 aromatic carbocycles. The molecular weight excluding hydrogens is 218 g/mol. The lowest BCUT2D eigenvalue weighted by atomic mass is 9.92. The quantitative estimate of drug-likeness (QED) is 0.769. The average Bonchev–Trinajstić information content (AvgIpc) is 2.79. The monoisotopic (exact) mass is 241 g/mol. The van der Waals surface area contributed by atoms with E-state index >= 15 is 0 Å². The van der Waals surface area contributed by atoms with Gasteiger partial charge in [-0.3, -0.25) is 0 Å². The standard InChI is InChI=1S/C13H23NOS/c1-4-13(5-2,10-15)14-11(3)9-12-7-6-8-16-12/h6-8,11,14-15H,4-5,9-10H2,1-3H3. The zero-order chi connectivity index (χ0) is 12.0. The number of nitrogens with one attached hydrogen (secondary N) is 1. The minimum Gasteiger partial charge on any atom is -0.394 e. The molecule has 1 aromatic rings. The molecular formula is C13H23NOS. The van der Waals surface area contributed by atoms with Crippen LogP contribution in [-0.2, 0) is 6.42 Å². The van der Waals surface area contributed by atoms with Crippen LogP contribution >= 0.6 is 11.3 Å². The van der Waals surface area contributed by atoms with Crippen molar-refractivity contribution in [2.75, 3.05) is 6.61 Å². The van der Waals surface area contributed by atoms with Gasteiger partial charge in [-0.25, -0.2) is 0 Å². The third kappa shape index (κ3) is 3.58. The maximum atomic E-state index is 9.49. The molecule has 1 atom stereocenters. The molecule has 1 rings (SSSR count). The summed E-state index contributed by atoms with van der Waals surface area (Å²) in [4.78, 5) is 1.40. The fraction of sp³-hybridized carbons (Fsp3) is 0.692. The Morgan fingerprint density at radius 3 is 2.56 bits per heavy atom. The number of aliphatic hydroxyl groups is 1. The molecule has 0 spiro atoms. The molecule has 2 nitrogen and oxygen atoms in total. The fourth-order valence-electron chi connectivity index (χ4n) is 2.03. The van der Waals surface area contributed by atoms with E-state index in [-0.39, 0.29) is 12.1 Å². The zero-order valence-corrected chi connectivity index (χ0v) is 11.3. The van der Waals surface area contributed by atoms with Crippen LogP contribution in [0.15, 0.2) is 17.5 Å². The first kappa shape index (κ1) is 13.7. The number of thiophene rings is 1. The zero-order valence-electron chi connectivity index (χ0n) is 10.5. The first-order valence-electron chi connectivity index (χ1n) is 6.06. The predicted molar refractivity (Wildman–Crippen MR) is 71.0 cm³/mol. The van der Waals surface area contributed by atoms with Crippen molar-refractivity contribution in [3.8, 4) is 0 Å². The van der Waals surface area contributed by atoms with Gasteiger partial charge in [0.1, 0.15) is 0 Å². The Morgan fingerprint density at radius 1 is 1.44 bits per heavy atom. The lowest BCUT2D eigenvalue weighted by molar-refractivity contribution is 0.140. The second kappa shape index (κ2) is 6.38. The summed E-state index contributed by atoms with van der Waals surface area (Å²) >= 11 is 1.80. The summed E-state index contributed by atoms with van der Waals surface area (Å²) in [5.74, 6) is 0. The van der Waals surface area contributed by atoms with E-state index in [1.54, 1.807) is 11.3 Å². The smallest absolute Gasteiger partial charge is 0.0613 e. The molecule has 3 heteroatoms. The Kier molecular flexibility index (Phi) is 5.46. The second-order valence-corrected chi connectivity index (χ2v) is 5.51. The molecule has 0 aliphatic heterocycles. The second-order valence-electron chi connectivity index (χ2n) is 4.47. The Labute approximate surface area is 103 Å². The molecule has 16 heavy (non-hydrogen) atoms. The summed E-state index contributed by atoms with van der Waals surface area (Å²) in [5.41, 5.74) is -0.101. The van der Waals surface area contributed by atoms with Gasteiger partial charge in [0, 0.05) is 16.5 Å². The molecule has 0 saturated heterocycles. The molecule has 0 saturated carbocycles. The number of hydrogen-bond acceptors (Lipinski definition) is 3. The van der Waals surface area contributed by atoms with Crippen LogP contribution in [0.25, 0.3) is 0 Å². The largest absolute Gasteiger partial charge is 0.394 e. The van der Waals surface area contributed by atoms with Crippen LogP contribution < -0.4 is 5.32 Å². The number of rotatable bonds is 7. The first-order chi connectivity index (χ1) is 7.65. The van der Waals surface area contributed by atoms with Crippen LogP contribution in [-0.4, -0.2) is 23.3 Å². The summed E-state index contributed by atoms with van der Waals surface area (Å²) in [6.07, 6.45) is 2.98. The highest BCUT2D eigenvalue weighted by Gasteiger charge is 2.26. The summed E-state index contributed by atoms with van der Waals surface area (Å²) < 4.78 is 0. The van der Waals surface area contributed by atoms with Crippen molar-refractivity contribution in [2.24, 2.45) is 0 Å². The van der Waals surface area contributed by atoms with Crippen LogP contribution in [0.2, 0.25) is 0 Å². The molecule has 0 amide bonds. The van der Waals surface area contributed by atoms with E-state index in [9.17, 15) is 5.11 Å². The lowest BCUT2D eigenvalue weighted by Crippen LogP contribution is -2.52.